The van der Waals surface area contributed by atoms with Gasteiger partial charge in [0.05, 0.1) is 16.1 Å². The highest BCUT2D eigenvalue weighted by molar-refractivity contribution is 6.42. The molecule has 4 heterocycles. The van der Waals surface area contributed by atoms with Gasteiger partial charge in [-0.3, -0.25) is 19.4 Å². The van der Waals surface area contributed by atoms with E-state index in [1.54, 1.807) is 6.07 Å². The molecule has 4 saturated heterocycles. The molecule has 4 aliphatic rings. The maximum atomic E-state index is 13.9. The number of benzene rings is 3. The Kier molecular flexibility index (Phi) is 9.52. The Morgan fingerprint density at radius 2 is 1.47 bits per heavy atom. The molecule has 0 aliphatic carbocycles. The molecular weight excluding hydrogens is 629 g/mol. The fraction of sp³-hybridized carbons (Fsp3) is 0.474. The number of hydrogen-bond acceptors (Lipinski definition) is 5. The Balaban J connectivity index is 0.969. The van der Waals surface area contributed by atoms with Crippen molar-refractivity contribution in [1.29, 1.82) is 0 Å². The molecule has 0 unspecified atom stereocenters. The second kappa shape index (κ2) is 13.8. The van der Waals surface area contributed by atoms with Gasteiger partial charge in [-0.2, -0.15) is 0 Å². The number of nitrogens with zero attached hydrogens (tertiary/aromatic N) is 5. The molecule has 47 heavy (non-hydrogen) atoms. The summed E-state index contributed by atoms with van der Waals surface area (Å²) in [6, 6.07) is 21.4. The highest BCUT2D eigenvalue weighted by atomic mass is 35.5. The van der Waals surface area contributed by atoms with Crippen molar-refractivity contribution in [3.8, 4) is 0 Å². The average molecular weight is 675 g/mol. The van der Waals surface area contributed by atoms with Gasteiger partial charge in [-0.05, 0) is 80.6 Å². The van der Waals surface area contributed by atoms with Gasteiger partial charge in [-0.25, -0.2) is 0 Å². The molecule has 3 aromatic carbocycles. The average Bonchev–Trinajstić information content (AvgIpc) is 3.83. The molecule has 2 amide bonds. The first kappa shape index (κ1) is 32.4. The third-order valence-electron chi connectivity index (χ3n) is 10.7. The van der Waals surface area contributed by atoms with E-state index in [1.165, 1.54) is 43.6 Å². The van der Waals surface area contributed by atoms with Crippen molar-refractivity contribution < 1.29 is 9.59 Å². The first-order chi connectivity index (χ1) is 22.7. The number of rotatable bonds is 8. The number of amides is 2. The van der Waals surface area contributed by atoms with Gasteiger partial charge in [-0.1, -0.05) is 58.6 Å². The summed E-state index contributed by atoms with van der Waals surface area (Å²) in [6.07, 6.45) is 4.23. The van der Waals surface area contributed by atoms with Crippen molar-refractivity contribution in [3.05, 3.63) is 98.5 Å². The summed E-state index contributed by atoms with van der Waals surface area (Å²) in [5.41, 5.74) is 6.44. The minimum Gasteiger partial charge on any atom is -0.372 e. The number of hydrogen-bond donors (Lipinski definition) is 0. The number of carbonyl (C=O) groups is 2. The Labute approximate surface area is 289 Å². The van der Waals surface area contributed by atoms with Crippen molar-refractivity contribution >= 4 is 40.7 Å². The standard InChI is InChI=1S/C38H45Cl2N5O2/c1-26-17-27(2)19-30(18-26)38(47)43-15-16-45(36(25-43)29-7-10-34(39)35(40)20-29)37(46)11-14-42-23-33-21-32(42)24-44(33)22-28-5-8-31(9-6-28)41-12-3-4-13-41/h5-10,17-20,32-33,36H,3-4,11-16,21-25H2,1-2H3/t32-,33-,36-/m0/s1. The molecule has 3 atom stereocenters. The second-order valence-electron chi connectivity index (χ2n) is 14.0. The first-order valence-electron chi connectivity index (χ1n) is 17.2. The van der Waals surface area contributed by atoms with Gasteiger partial charge in [0.15, 0.2) is 0 Å². The number of aryl methyl sites for hydroxylation is 2. The van der Waals surface area contributed by atoms with Crippen LogP contribution in [0.2, 0.25) is 10.0 Å². The fourth-order valence-corrected chi connectivity index (χ4v) is 8.56. The van der Waals surface area contributed by atoms with Gasteiger partial charge in [0, 0.05) is 88.7 Å². The van der Waals surface area contributed by atoms with E-state index in [0.717, 1.165) is 42.9 Å². The Morgan fingerprint density at radius 1 is 0.766 bits per heavy atom. The van der Waals surface area contributed by atoms with Crippen molar-refractivity contribution in [1.82, 2.24) is 19.6 Å². The topological polar surface area (TPSA) is 50.3 Å². The molecule has 7 rings (SSSR count). The highest BCUT2D eigenvalue weighted by Crippen LogP contribution is 2.34. The summed E-state index contributed by atoms with van der Waals surface area (Å²) >= 11 is 12.7. The van der Waals surface area contributed by atoms with E-state index in [1.807, 2.05) is 47.9 Å². The third kappa shape index (κ3) is 7.05. The number of anilines is 1. The monoisotopic (exact) mass is 673 g/mol. The Morgan fingerprint density at radius 3 is 2.15 bits per heavy atom. The number of likely N-dealkylation sites (tertiary alicyclic amines) is 2. The number of piperazine rings is 2. The molecule has 2 bridgehead atoms. The zero-order valence-corrected chi connectivity index (χ0v) is 29.0. The number of carbonyl (C=O) groups excluding carboxylic acids is 2. The quantitative estimate of drug-likeness (QED) is 0.270. The molecule has 0 saturated carbocycles. The van der Waals surface area contributed by atoms with E-state index >= 15 is 0 Å². The predicted octanol–water partition coefficient (Wildman–Crippen LogP) is 6.58. The van der Waals surface area contributed by atoms with E-state index in [4.69, 9.17) is 23.2 Å². The van der Waals surface area contributed by atoms with Crippen molar-refractivity contribution in [2.75, 3.05) is 57.3 Å². The molecule has 0 radical (unpaired) electrons. The molecule has 4 fully saturated rings. The summed E-state index contributed by atoms with van der Waals surface area (Å²) < 4.78 is 0. The molecule has 9 heteroatoms. The lowest BCUT2D eigenvalue weighted by atomic mass is 10.00. The van der Waals surface area contributed by atoms with Gasteiger partial charge in [0.2, 0.25) is 5.91 Å². The third-order valence-corrected chi connectivity index (χ3v) is 11.4. The summed E-state index contributed by atoms with van der Waals surface area (Å²) in [5.74, 6) is 0.117. The first-order valence-corrected chi connectivity index (χ1v) is 17.9. The maximum Gasteiger partial charge on any atom is 0.254 e. The van der Waals surface area contributed by atoms with Crippen LogP contribution >= 0.6 is 23.2 Å². The van der Waals surface area contributed by atoms with Gasteiger partial charge >= 0.3 is 0 Å². The van der Waals surface area contributed by atoms with Crippen LogP contribution in [-0.4, -0.2) is 95.9 Å². The summed E-state index contributed by atoms with van der Waals surface area (Å²) in [6.45, 7) is 11.6. The van der Waals surface area contributed by atoms with Crippen molar-refractivity contribution in [2.24, 2.45) is 0 Å². The van der Waals surface area contributed by atoms with Gasteiger partial charge in [0.25, 0.3) is 5.91 Å². The minimum atomic E-state index is -0.289. The second-order valence-corrected chi connectivity index (χ2v) is 14.8. The lowest BCUT2D eigenvalue weighted by molar-refractivity contribution is -0.136. The van der Waals surface area contributed by atoms with Crippen LogP contribution in [0.1, 0.15) is 64.3 Å². The van der Waals surface area contributed by atoms with Crippen LogP contribution in [0.5, 0.6) is 0 Å². The van der Waals surface area contributed by atoms with Crippen LogP contribution in [0.3, 0.4) is 0 Å². The highest BCUT2D eigenvalue weighted by Gasteiger charge is 2.43. The van der Waals surface area contributed by atoms with Gasteiger partial charge < -0.3 is 14.7 Å². The van der Waals surface area contributed by atoms with Gasteiger partial charge in [-0.15, -0.1) is 0 Å². The van der Waals surface area contributed by atoms with Crippen LogP contribution < -0.4 is 4.90 Å². The molecule has 7 nitrogen and oxygen atoms in total. The van der Waals surface area contributed by atoms with E-state index in [2.05, 4.69) is 45.0 Å². The minimum absolute atomic E-state index is 0.00543. The Hall–Kier alpha value is -3.10. The fourth-order valence-electron chi connectivity index (χ4n) is 8.26. The number of fused-ring (bicyclic) bond motifs is 2. The number of halogens is 2. The van der Waals surface area contributed by atoms with Crippen LogP contribution in [0.25, 0.3) is 0 Å². The normalized spacial score (nSPS) is 23.2. The SMILES string of the molecule is Cc1cc(C)cc(C(=O)N2CCN(C(=O)CCN3C[C@@H]4C[C@H]3CN4Cc3ccc(N4CCCC4)cc3)[C@H](c3ccc(Cl)c(Cl)c3)C2)c1. The van der Waals surface area contributed by atoms with Crippen LogP contribution in [0.15, 0.2) is 60.7 Å². The van der Waals surface area contributed by atoms with E-state index in [0.29, 0.717) is 53.7 Å². The zero-order valence-electron chi connectivity index (χ0n) is 27.5. The molecule has 0 aromatic heterocycles. The summed E-state index contributed by atoms with van der Waals surface area (Å²) in [5, 5.41) is 0.930. The predicted molar refractivity (Wildman–Crippen MR) is 189 cm³/mol. The maximum absolute atomic E-state index is 13.9. The zero-order chi connectivity index (χ0) is 32.7. The molecule has 0 spiro atoms. The smallest absolute Gasteiger partial charge is 0.254 e. The van der Waals surface area contributed by atoms with E-state index in [-0.39, 0.29) is 17.9 Å². The lowest BCUT2D eigenvalue weighted by Gasteiger charge is -2.42. The molecule has 4 aliphatic heterocycles. The Bertz CT molecular complexity index is 1600. The van der Waals surface area contributed by atoms with Crippen molar-refractivity contribution in [2.45, 2.75) is 64.2 Å². The van der Waals surface area contributed by atoms with Crippen molar-refractivity contribution in [3.63, 3.8) is 0 Å². The van der Waals surface area contributed by atoms with Crippen LogP contribution in [0.4, 0.5) is 5.69 Å². The largest absolute Gasteiger partial charge is 0.372 e. The van der Waals surface area contributed by atoms with E-state index in [9.17, 15) is 9.59 Å². The molecular formula is C38H45Cl2N5O2. The summed E-state index contributed by atoms with van der Waals surface area (Å²) in [4.78, 5) is 39.0. The van der Waals surface area contributed by atoms with Gasteiger partial charge in [0.1, 0.15) is 0 Å². The summed E-state index contributed by atoms with van der Waals surface area (Å²) in [7, 11) is 0. The van der Waals surface area contributed by atoms with Crippen LogP contribution in [0, 0.1) is 13.8 Å². The van der Waals surface area contributed by atoms with E-state index < -0.39 is 0 Å². The molecule has 3 aromatic rings. The molecule has 0 N–H and O–H groups in total. The van der Waals surface area contributed by atoms with Crippen LogP contribution in [-0.2, 0) is 11.3 Å². The lowest BCUT2D eigenvalue weighted by Crippen LogP contribution is -2.53. The molecule has 248 valence electrons.